The zero-order valence-corrected chi connectivity index (χ0v) is 14.2. The lowest BCUT2D eigenvalue weighted by atomic mass is 10.1. The number of carbonyl (C=O) groups excluding carboxylic acids is 1. The van der Waals surface area contributed by atoms with Crippen molar-refractivity contribution in [2.75, 3.05) is 17.7 Å². The maximum absolute atomic E-state index is 12.3. The Kier molecular flexibility index (Phi) is 4.77. The van der Waals surface area contributed by atoms with E-state index < -0.39 is 0 Å². The average Bonchev–Trinajstić information content (AvgIpc) is 3.02. The third kappa shape index (κ3) is 3.55. The van der Waals surface area contributed by atoms with Gasteiger partial charge in [0, 0.05) is 10.9 Å². The van der Waals surface area contributed by atoms with Crippen molar-refractivity contribution in [1.29, 1.82) is 0 Å². The molecule has 2 N–H and O–H groups in total. The normalized spacial score (nSPS) is 10.2. The summed E-state index contributed by atoms with van der Waals surface area (Å²) in [5.41, 5.74) is 3.05. The molecule has 3 rings (SSSR count). The summed E-state index contributed by atoms with van der Waals surface area (Å²) in [7, 11) is 1.57. The number of urea groups is 1. The number of hydrogen-bond donors (Lipinski definition) is 2. The number of methoxy groups -OCH3 is 1. The van der Waals surface area contributed by atoms with Crippen molar-refractivity contribution in [3.63, 3.8) is 0 Å². The van der Waals surface area contributed by atoms with Gasteiger partial charge in [-0.25, -0.2) is 9.78 Å². The first-order valence-electron chi connectivity index (χ1n) is 7.40. The van der Waals surface area contributed by atoms with Crippen molar-refractivity contribution in [3.05, 3.63) is 58.9 Å². The van der Waals surface area contributed by atoms with Crippen LogP contribution in [0.2, 0.25) is 0 Å². The fourth-order valence-corrected chi connectivity index (χ4v) is 2.94. The molecule has 0 saturated carbocycles. The van der Waals surface area contributed by atoms with Crippen LogP contribution >= 0.6 is 11.3 Å². The summed E-state index contributed by atoms with van der Waals surface area (Å²) in [6.07, 6.45) is 0. The summed E-state index contributed by atoms with van der Waals surface area (Å²) < 4.78 is 5.24. The molecule has 0 fully saturated rings. The molecule has 0 radical (unpaired) electrons. The number of nitrogens with one attached hydrogen (secondary N) is 2. The van der Waals surface area contributed by atoms with Crippen LogP contribution in [0.1, 0.15) is 5.01 Å². The molecule has 0 atom stereocenters. The van der Waals surface area contributed by atoms with Gasteiger partial charge in [-0.3, -0.25) is 0 Å². The van der Waals surface area contributed by atoms with E-state index in [0.717, 1.165) is 16.3 Å². The fourth-order valence-electron chi connectivity index (χ4n) is 2.33. The first-order chi connectivity index (χ1) is 11.7. The molecule has 1 aromatic heterocycles. The predicted octanol–water partition coefficient (Wildman–Crippen LogP) is 4.77. The van der Waals surface area contributed by atoms with Crippen molar-refractivity contribution < 1.29 is 9.53 Å². The van der Waals surface area contributed by atoms with E-state index in [-0.39, 0.29) is 6.03 Å². The summed E-state index contributed by atoms with van der Waals surface area (Å²) in [4.78, 5) is 16.8. The number of ether oxygens (including phenoxy) is 1. The van der Waals surface area contributed by atoms with E-state index in [1.54, 1.807) is 30.6 Å². The first kappa shape index (κ1) is 16.0. The molecule has 3 aromatic rings. The maximum atomic E-state index is 12.3. The second kappa shape index (κ2) is 7.14. The summed E-state index contributed by atoms with van der Waals surface area (Å²) in [5, 5.41) is 8.64. The third-order valence-electron chi connectivity index (χ3n) is 3.43. The molecule has 1 heterocycles. The Morgan fingerprint density at radius 2 is 1.71 bits per heavy atom. The number of benzene rings is 2. The molecule has 24 heavy (non-hydrogen) atoms. The maximum Gasteiger partial charge on any atom is 0.323 e. The van der Waals surface area contributed by atoms with E-state index in [1.807, 2.05) is 48.7 Å². The van der Waals surface area contributed by atoms with Crippen LogP contribution in [0, 0.1) is 6.92 Å². The van der Waals surface area contributed by atoms with Crippen molar-refractivity contribution in [2.45, 2.75) is 6.92 Å². The van der Waals surface area contributed by atoms with Crippen LogP contribution in [0.25, 0.3) is 11.3 Å². The van der Waals surface area contributed by atoms with Gasteiger partial charge in [0.05, 0.1) is 29.2 Å². The number of carbonyl (C=O) groups is 1. The average molecular weight is 339 g/mol. The Morgan fingerprint density at radius 3 is 2.42 bits per heavy atom. The van der Waals surface area contributed by atoms with E-state index >= 15 is 0 Å². The second-order valence-electron chi connectivity index (χ2n) is 5.08. The molecule has 0 bridgehead atoms. The minimum absolute atomic E-state index is 0.334. The number of aromatic nitrogens is 1. The largest absolute Gasteiger partial charge is 0.495 e. The minimum Gasteiger partial charge on any atom is -0.495 e. The number of rotatable bonds is 4. The lowest BCUT2D eigenvalue weighted by Gasteiger charge is -2.12. The fraction of sp³-hybridized carbons (Fsp3) is 0.111. The smallest absolute Gasteiger partial charge is 0.323 e. The SMILES string of the molecule is COc1ccccc1NC(=O)Nc1ccccc1-c1csc(C)n1. The van der Waals surface area contributed by atoms with E-state index in [9.17, 15) is 4.79 Å². The zero-order valence-electron chi connectivity index (χ0n) is 13.4. The van der Waals surface area contributed by atoms with Crippen LogP contribution in [0.5, 0.6) is 5.75 Å². The van der Waals surface area contributed by atoms with Crippen molar-refractivity contribution in [2.24, 2.45) is 0 Å². The Morgan fingerprint density at radius 1 is 1.04 bits per heavy atom. The molecule has 0 unspecified atom stereocenters. The summed E-state index contributed by atoms with van der Waals surface area (Å²) in [6.45, 7) is 1.96. The number of hydrogen-bond acceptors (Lipinski definition) is 4. The number of aryl methyl sites for hydroxylation is 1. The van der Waals surface area contributed by atoms with Crippen molar-refractivity contribution >= 4 is 28.7 Å². The highest BCUT2D eigenvalue weighted by atomic mass is 32.1. The highest BCUT2D eigenvalue weighted by molar-refractivity contribution is 7.09. The monoisotopic (exact) mass is 339 g/mol. The molecule has 2 amide bonds. The lowest BCUT2D eigenvalue weighted by Crippen LogP contribution is -2.20. The van der Waals surface area contributed by atoms with Gasteiger partial charge < -0.3 is 15.4 Å². The van der Waals surface area contributed by atoms with Crippen molar-refractivity contribution in [1.82, 2.24) is 4.98 Å². The molecule has 5 nitrogen and oxygen atoms in total. The summed E-state index contributed by atoms with van der Waals surface area (Å²) >= 11 is 1.58. The molecule has 6 heteroatoms. The molecular formula is C18H17N3O2S. The van der Waals surface area contributed by atoms with Crippen molar-refractivity contribution in [3.8, 4) is 17.0 Å². The number of amides is 2. The van der Waals surface area contributed by atoms with Gasteiger partial charge in [-0.15, -0.1) is 11.3 Å². The van der Waals surface area contributed by atoms with Gasteiger partial charge in [-0.2, -0.15) is 0 Å². The summed E-state index contributed by atoms with van der Waals surface area (Å²) in [6, 6.07) is 14.5. The molecule has 122 valence electrons. The van der Waals surface area contributed by atoms with Gasteiger partial charge in [0.1, 0.15) is 5.75 Å². The Balaban J connectivity index is 1.80. The van der Waals surface area contributed by atoms with Crippen LogP contribution in [0.4, 0.5) is 16.2 Å². The molecule has 0 aliphatic heterocycles. The summed E-state index contributed by atoms with van der Waals surface area (Å²) in [5.74, 6) is 0.607. The quantitative estimate of drug-likeness (QED) is 0.719. The van der Waals surface area contributed by atoms with Gasteiger partial charge in [-0.05, 0) is 25.1 Å². The molecule has 0 aliphatic carbocycles. The Labute approximate surface area is 144 Å². The molecular weight excluding hydrogens is 322 g/mol. The first-order valence-corrected chi connectivity index (χ1v) is 8.28. The number of thiazole rings is 1. The third-order valence-corrected chi connectivity index (χ3v) is 4.20. The zero-order chi connectivity index (χ0) is 16.9. The Bertz CT molecular complexity index is 861. The van der Waals surface area contributed by atoms with Gasteiger partial charge in [-0.1, -0.05) is 30.3 Å². The van der Waals surface area contributed by atoms with Crippen LogP contribution in [0.3, 0.4) is 0 Å². The van der Waals surface area contributed by atoms with Gasteiger partial charge in [0.2, 0.25) is 0 Å². The van der Waals surface area contributed by atoms with Gasteiger partial charge in [0.15, 0.2) is 0 Å². The second-order valence-corrected chi connectivity index (χ2v) is 6.14. The van der Waals surface area contributed by atoms with E-state index in [0.29, 0.717) is 17.1 Å². The minimum atomic E-state index is -0.334. The Hall–Kier alpha value is -2.86. The highest BCUT2D eigenvalue weighted by Gasteiger charge is 2.11. The number of anilines is 2. The predicted molar refractivity (Wildman–Crippen MR) is 97.9 cm³/mol. The van der Waals surface area contributed by atoms with Crippen LogP contribution < -0.4 is 15.4 Å². The molecule has 2 aromatic carbocycles. The van der Waals surface area contributed by atoms with Gasteiger partial charge >= 0.3 is 6.03 Å². The van der Waals surface area contributed by atoms with Gasteiger partial charge in [0.25, 0.3) is 0 Å². The number of nitrogens with zero attached hydrogens (tertiary/aromatic N) is 1. The lowest BCUT2D eigenvalue weighted by molar-refractivity contribution is 0.262. The molecule has 0 aliphatic rings. The van der Waals surface area contributed by atoms with E-state index in [4.69, 9.17) is 4.74 Å². The molecule has 0 saturated heterocycles. The van der Waals surface area contributed by atoms with E-state index in [1.165, 1.54) is 0 Å². The van der Waals surface area contributed by atoms with Crippen LogP contribution in [-0.2, 0) is 0 Å². The van der Waals surface area contributed by atoms with E-state index in [2.05, 4.69) is 15.6 Å². The topological polar surface area (TPSA) is 63.2 Å². The van der Waals surface area contributed by atoms with Crippen LogP contribution in [0.15, 0.2) is 53.9 Å². The highest BCUT2D eigenvalue weighted by Crippen LogP contribution is 2.29. The standard InChI is InChI=1S/C18H17N3O2S/c1-12-19-16(11-24-12)13-7-3-4-8-14(13)20-18(22)21-15-9-5-6-10-17(15)23-2/h3-11H,1-2H3,(H2,20,21,22). The molecule has 0 spiro atoms. The van der Waals surface area contributed by atoms with Crippen LogP contribution in [-0.4, -0.2) is 18.1 Å². The number of para-hydroxylation sites is 3.